The van der Waals surface area contributed by atoms with E-state index in [9.17, 15) is 9.59 Å². The van der Waals surface area contributed by atoms with Gasteiger partial charge in [0.05, 0.1) is 0 Å². The van der Waals surface area contributed by atoms with E-state index in [1.165, 1.54) is 6.92 Å². The molecule has 0 unspecified atom stereocenters. The SMILES string of the molecule is CCNC(=O)N[C@@H](C)C(=O)O. The Morgan fingerprint density at radius 3 is 2.45 bits per heavy atom. The van der Waals surface area contributed by atoms with Gasteiger partial charge in [0, 0.05) is 6.54 Å². The minimum atomic E-state index is -1.05. The van der Waals surface area contributed by atoms with Crippen LogP contribution in [0.5, 0.6) is 0 Å². The van der Waals surface area contributed by atoms with Crippen LogP contribution >= 0.6 is 0 Å². The van der Waals surface area contributed by atoms with E-state index in [2.05, 4.69) is 10.6 Å². The first kappa shape index (κ1) is 9.74. The number of hydrogen-bond acceptors (Lipinski definition) is 2. The summed E-state index contributed by atoms with van der Waals surface area (Å²) in [5.41, 5.74) is 0. The largest absolute Gasteiger partial charge is 0.480 e. The highest BCUT2D eigenvalue weighted by Gasteiger charge is 2.12. The van der Waals surface area contributed by atoms with E-state index < -0.39 is 18.0 Å². The Balaban J connectivity index is 3.66. The molecule has 0 bridgehead atoms. The number of rotatable bonds is 3. The quantitative estimate of drug-likeness (QED) is 0.534. The third kappa shape index (κ3) is 4.19. The van der Waals surface area contributed by atoms with Crippen molar-refractivity contribution in [3.05, 3.63) is 0 Å². The first-order valence-electron chi connectivity index (χ1n) is 3.35. The van der Waals surface area contributed by atoms with Crippen LogP contribution in [0.1, 0.15) is 13.8 Å². The number of carbonyl (C=O) groups excluding carboxylic acids is 1. The Morgan fingerprint density at radius 2 is 2.09 bits per heavy atom. The van der Waals surface area contributed by atoms with E-state index in [0.717, 1.165) is 0 Å². The summed E-state index contributed by atoms with van der Waals surface area (Å²) in [6, 6.07) is -1.30. The van der Waals surface area contributed by atoms with Gasteiger partial charge in [-0.3, -0.25) is 4.79 Å². The molecule has 1 atom stereocenters. The van der Waals surface area contributed by atoms with Crippen molar-refractivity contribution in [3.63, 3.8) is 0 Å². The zero-order chi connectivity index (χ0) is 8.85. The van der Waals surface area contributed by atoms with Crippen molar-refractivity contribution in [2.45, 2.75) is 19.9 Å². The molecule has 0 aliphatic carbocycles. The Morgan fingerprint density at radius 1 is 1.55 bits per heavy atom. The Hall–Kier alpha value is -1.26. The maximum atomic E-state index is 10.7. The van der Waals surface area contributed by atoms with E-state index in [1.54, 1.807) is 6.92 Å². The van der Waals surface area contributed by atoms with Gasteiger partial charge in [0.1, 0.15) is 6.04 Å². The second-order valence-corrected chi connectivity index (χ2v) is 2.06. The van der Waals surface area contributed by atoms with Crippen LogP contribution in [0, 0.1) is 0 Å². The Bertz CT molecular complexity index is 158. The molecule has 0 aromatic carbocycles. The van der Waals surface area contributed by atoms with Gasteiger partial charge in [0.2, 0.25) is 0 Å². The summed E-state index contributed by atoms with van der Waals surface area (Å²) in [6.07, 6.45) is 0. The molecule has 2 amide bonds. The Kier molecular flexibility index (Phi) is 4.02. The second-order valence-electron chi connectivity index (χ2n) is 2.06. The standard InChI is InChI=1S/C6H12N2O3/c1-3-7-6(11)8-4(2)5(9)10/h4H,3H2,1-2H3,(H,9,10)(H2,7,8,11)/t4-/m0/s1. The fraction of sp³-hybridized carbons (Fsp3) is 0.667. The summed E-state index contributed by atoms with van der Waals surface area (Å²) in [6.45, 7) is 3.64. The molecule has 0 heterocycles. The number of nitrogens with one attached hydrogen (secondary N) is 2. The number of hydrogen-bond donors (Lipinski definition) is 3. The number of urea groups is 1. The summed E-state index contributed by atoms with van der Waals surface area (Å²) in [4.78, 5) is 20.9. The number of amides is 2. The molecular weight excluding hydrogens is 148 g/mol. The lowest BCUT2D eigenvalue weighted by molar-refractivity contribution is -0.138. The third-order valence-corrected chi connectivity index (χ3v) is 1.06. The summed E-state index contributed by atoms with van der Waals surface area (Å²) < 4.78 is 0. The molecule has 0 aliphatic heterocycles. The van der Waals surface area contributed by atoms with E-state index in [4.69, 9.17) is 5.11 Å². The maximum absolute atomic E-state index is 10.7. The number of carboxylic acid groups (broad SMARTS) is 1. The lowest BCUT2D eigenvalue weighted by Crippen LogP contribution is -2.44. The molecule has 3 N–H and O–H groups in total. The van der Waals surface area contributed by atoms with Crippen LogP contribution in [0.3, 0.4) is 0 Å². The molecule has 64 valence electrons. The van der Waals surface area contributed by atoms with E-state index in [0.29, 0.717) is 6.54 Å². The van der Waals surface area contributed by atoms with Gasteiger partial charge in [-0.15, -0.1) is 0 Å². The molecule has 5 heteroatoms. The van der Waals surface area contributed by atoms with Crippen LogP contribution in [-0.2, 0) is 4.79 Å². The monoisotopic (exact) mass is 160 g/mol. The topological polar surface area (TPSA) is 78.4 Å². The summed E-state index contributed by atoms with van der Waals surface area (Å²) in [7, 11) is 0. The van der Waals surface area contributed by atoms with Crippen LogP contribution in [0.4, 0.5) is 4.79 Å². The average molecular weight is 160 g/mol. The predicted molar refractivity (Wildman–Crippen MR) is 39.3 cm³/mol. The molecule has 0 aromatic rings. The molecule has 0 rings (SSSR count). The number of carbonyl (C=O) groups is 2. The number of aliphatic carboxylic acids is 1. The van der Waals surface area contributed by atoms with Crippen molar-refractivity contribution in [1.82, 2.24) is 10.6 Å². The first-order chi connectivity index (χ1) is 5.07. The van der Waals surface area contributed by atoms with Gasteiger partial charge in [0.25, 0.3) is 0 Å². The van der Waals surface area contributed by atoms with Crippen molar-refractivity contribution in [2.75, 3.05) is 6.54 Å². The van der Waals surface area contributed by atoms with Crippen molar-refractivity contribution in [3.8, 4) is 0 Å². The normalized spacial score (nSPS) is 11.8. The molecular formula is C6H12N2O3. The third-order valence-electron chi connectivity index (χ3n) is 1.06. The van der Waals surface area contributed by atoms with Crippen LogP contribution < -0.4 is 10.6 Å². The van der Waals surface area contributed by atoms with Crippen molar-refractivity contribution in [2.24, 2.45) is 0 Å². The zero-order valence-electron chi connectivity index (χ0n) is 6.55. The van der Waals surface area contributed by atoms with Gasteiger partial charge in [-0.25, -0.2) is 4.79 Å². The highest BCUT2D eigenvalue weighted by atomic mass is 16.4. The molecule has 0 saturated heterocycles. The average Bonchev–Trinajstić information content (AvgIpc) is 1.87. The van der Waals surface area contributed by atoms with Gasteiger partial charge in [-0.05, 0) is 13.8 Å². The summed E-state index contributed by atoms with van der Waals surface area (Å²) in [5, 5.41) is 13.0. The summed E-state index contributed by atoms with van der Waals surface area (Å²) in [5.74, 6) is -1.05. The molecule has 0 aromatic heterocycles. The van der Waals surface area contributed by atoms with Gasteiger partial charge < -0.3 is 15.7 Å². The van der Waals surface area contributed by atoms with E-state index >= 15 is 0 Å². The fourth-order valence-corrected chi connectivity index (χ4v) is 0.470. The van der Waals surface area contributed by atoms with Gasteiger partial charge in [-0.2, -0.15) is 0 Å². The maximum Gasteiger partial charge on any atom is 0.325 e. The minimum absolute atomic E-state index is 0.456. The summed E-state index contributed by atoms with van der Waals surface area (Å²) >= 11 is 0. The molecule has 11 heavy (non-hydrogen) atoms. The fourth-order valence-electron chi connectivity index (χ4n) is 0.470. The van der Waals surface area contributed by atoms with Crippen LogP contribution in [0.15, 0.2) is 0 Å². The highest BCUT2D eigenvalue weighted by molar-refractivity contribution is 5.81. The molecule has 0 spiro atoms. The highest BCUT2D eigenvalue weighted by Crippen LogP contribution is 1.79. The Labute approximate surface area is 64.8 Å². The van der Waals surface area contributed by atoms with Crippen LogP contribution in [-0.4, -0.2) is 29.7 Å². The first-order valence-corrected chi connectivity index (χ1v) is 3.35. The molecule has 0 aliphatic rings. The van der Waals surface area contributed by atoms with Gasteiger partial charge in [0.15, 0.2) is 0 Å². The molecule has 5 nitrogen and oxygen atoms in total. The van der Waals surface area contributed by atoms with Gasteiger partial charge in [-0.1, -0.05) is 0 Å². The smallest absolute Gasteiger partial charge is 0.325 e. The molecule has 0 saturated carbocycles. The predicted octanol–water partition coefficient (Wildman–Crippen LogP) is -0.221. The van der Waals surface area contributed by atoms with E-state index in [-0.39, 0.29) is 0 Å². The molecule has 0 fully saturated rings. The lowest BCUT2D eigenvalue weighted by Gasteiger charge is -2.08. The lowest BCUT2D eigenvalue weighted by atomic mass is 10.3. The zero-order valence-corrected chi connectivity index (χ0v) is 6.55. The minimum Gasteiger partial charge on any atom is -0.480 e. The van der Waals surface area contributed by atoms with Crippen molar-refractivity contribution < 1.29 is 14.7 Å². The van der Waals surface area contributed by atoms with Crippen molar-refractivity contribution >= 4 is 12.0 Å². The van der Waals surface area contributed by atoms with Crippen LogP contribution in [0.25, 0.3) is 0 Å². The molecule has 0 radical (unpaired) electrons. The van der Waals surface area contributed by atoms with Crippen LogP contribution in [0.2, 0.25) is 0 Å². The van der Waals surface area contributed by atoms with Crippen molar-refractivity contribution in [1.29, 1.82) is 0 Å². The number of carboxylic acids is 1. The second kappa shape index (κ2) is 4.54. The van der Waals surface area contributed by atoms with Gasteiger partial charge >= 0.3 is 12.0 Å². The van der Waals surface area contributed by atoms with E-state index in [1.807, 2.05) is 0 Å².